The minimum Gasteiger partial charge on any atom is -0.451 e. The fourth-order valence-corrected chi connectivity index (χ4v) is 7.03. The highest BCUT2D eigenvalue weighted by molar-refractivity contribution is 6.35. The zero-order chi connectivity index (χ0) is 29.0. The lowest BCUT2D eigenvalue weighted by molar-refractivity contribution is -0.155. The summed E-state index contributed by atoms with van der Waals surface area (Å²) in [6, 6.07) is 29.7. The lowest BCUT2D eigenvalue weighted by atomic mass is 9.84. The van der Waals surface area contributed by atoms with Crippen LogP contribution in [-0.2, 0) is 19.1 Å². The number of hydrogen-bond donors (Lipinski definition) is 0. The normalized spacial score (nSPS) is 22.3. The topological polar surface area (TPSA) is 66.9 Å². The number of imide groups is 1. The Hall–Kier alpha value is -4.39. The van der Waals surface area contributed by atoms with E-state index in [2.05, 4.69) is 0 Å². The van der Waals surface area contributed by atoms with Crippen molar-refractivity contribution in [3.63, 3.8) is 0 Å². The standard InChI is InChI=1S/C34H24Cl2N2O4/c35-23-17-24(36)19-25(18-23)38-32(39)27-28(33(38)40)30(37-16-15-20-9-7-8-14-26(20)29(27)37)34(41)42-31(21-10-3-1-4-11-21)22-12-5-2-6-13-22/h1-19,27-31H/t27-,28-,29+,30+/m0/s1. The third-order valence-corrected chi connectivity index (χ3v) is 8.68. The zero-order valence-electron chi connectivity index (χ0n) is 22.1. The number of amides is 2. The van der Waals surface area contributed by atoms with E-state index in [0.29, 0.717) is 10.0 Å². The van der Waals surface area contributed by atoms with Crippen LogP contribution in [0, 0.1) is 11.8 Å². The maximum atomic E-state index is 14.3. The van der Waals surface area contributed by atoms with Crippen molar-refractivity contribution < 1.29 is 19.1 Å². The van der Waals surface area contributed by atoms with Crippen molar-refractivity contribution in [1.29, 1.82) is 0 Å². The average Bonchev–Trinajstić information content (AvgIpc) is 3.48. The van der Waals surface area contributed by atoms with Crippen LogP contribution in [0.5, 0.6) is 0 Å². The van der Waals surface area contributed by atoms with Gasteiger partial charge in [0.2, 0.25) is 11.8 Å². The van der Waals surface area contributed by atoms with Crippen LogP contribution in [0.1, 0.15) is 34.4 Å². The Morgan fingerprint density at radius 2 is 1.31 bits per heavy atom. The highest BCUT2D eigenvalue weighted by Crippen LogP contribution is 2.54. The van der Waals surface area contributed by atoms with E-state index in [-0.39, 0.29) is 5.69 Å². The molecular weight excluding hydrogens is 571 g/mol. The predicted octanol–water partition coefficient (Wildman–Crippen LogP) is 6.84. The number of halogens is 2. The smallest absolute Gasteiger partial charge is 0.330 e. The zero-order valence-corrected chi connectivity index (χ0v) is 23.7. The molecule has 6 nitrogen and oxygen atoms in total. The van der Waals surface area contributed by atoms with E-state index in [0.717, 1.165) is 27.2 Å². The van der Waals surface area contributed by atoms with Crippen LogP contribution in [0.3, 0.4) is 0 Å². The lowest BCUT2D eigenvalue weighted by Gasteiger charge is -2.35. The Labute approximate surface area is 252 Å². The van der Waals surface area contributed by atoms with Gasteiger partial charge in [-0.1, -0.05) is 108 Å². The summed E-state index contributed by atoms with van der Waals surface area (Å²) in [4.78, 5) is 45.6. The first-order valence-corrected chi connectivity index (χ1v) is 14.4. The molecule has 0 N–H and O–H groups in total. The molecule has 7 rings (SSSR count). The van der Waals surface area contributed by atoms with Crippen LogP contribution in [0.25, 0.3) is 6.08 Å². The molecule has 0 aromatic heterocycles. The van der Waals surface area contributed by atoms with Gasteiger partial charge in [-0.2, -0.15) is 0 Å². The van der Waals surface area contributed by atoms with E-state index < -0.39 is 47.8 Å². The van der Waals surface area contributed by atoms with Gasteiger partial charge >= 0.3 is 5.97 Å². The second-order valence-electron chi connectivity index (χ2n) is 10.6. The Balaban J connectivity index is 1.32. The number of carbonyl (C=O) groups excluding carboxylic acids is 3. The minimum atomic E-state index is -1.03. The van der Waals surface area contributed by atoms with Crippen molar-refractivity contribution in [3.8, 4) is 0 Å². The SMILES string of the molecule is O=C(OC(c1ccccc1)c1ccccc1)[C@H]1[C@H]2C(=O)N(c3cc(Cl)cc(Cl)c3)C(=O)[C@@H]2[C@H]2c3ccccc3C=CN21. The summed E-state index contributed by atoms with van der Waals surface area (Å²) < 4.78 is 6.28. The van der Waals surface area contributed by atoms with Crippen molar-refractivity contribution in [2.45, 2.75) is 18.2 Å². The van der Waals surface area contributed by atoms with Crippen LogP contribution >= 0.6 is 23.2 Å². The van der Waals surface area contributed by atoms with E-state index >= 15 is 0 Å². The van der Waals surface area contributed by atoms with E-state index in [9.17, 15) is 14.4 Å². The van der Waals surface area contributed by atoms with Crippen LogP contribution in [0.15, 0.2) is 109 Å². The molecule has 0 spiro atoms. The van der Waals surface area contributed by atoms with Crippen molar-refractivity contribution in [2.24, 2.45) is 11.8 Å². The summed E-state index contributed by atoms with van der Waals surface area (Å²) in [5.74, 6) is -3.26. The summed E-state index contributed by atoms with van der Waals surface area (Å²) >= 11 is 12.5. The maximum Gasteiger partial charge on any atom is 0.330 e. The van der Waals surface area contributed by atoms with Crippen LogP contribution in [-0.4, -0.2) is 28.7 Å². The first-order valence-electron chi connectivity index (χ1n) is 13.6. The highest BCUT2D eigenvalue weighted by atomic mass is 35.5. The largest absolute Gasteiger partial charge is 0.451 e. The van der Waals surface area contributed by atoms with Gasteiger partial charge in [-0.05, 0) is 46.5 Å². The number of hydrogen-bond acceptors (Lipinski definition) is 5. The van der Waals surface area contributed by atoms with Crippen molar-refractivity contribution in [1.82, 2.24) is 4.90 Å². The number of anilines is 1. The molecule has 2 amide bonds. The molecule has 2 fully saturated rings. The van der Waals surface area contributed by atoms with E-state index in [1.165, 1.54) is 18.2 Å². The first kappa shape index (κ1) is 26.5. The van der Waals surface area contributed by atoms with E-state index in [1.54, 1.807) is 6.20 Å². The van der Waals surface area contributed by atoms with Crippen molar-refractivity contribution in [2.75, 3.05) is 4.90 Å². The third kappa shape index (κ3) is 4.30. The molecule has 0 saturated carbocycles. The fraction of sp³-hybridized carbons (Fsp3) is 0.147. The fourth-order valence-electron chi connectivity index (χ4n) is 6.52. The molecule has 4 atom stereocenters. The minimum absolute atomic E-state index is 0.279. The Morgan fingerprint density at radius 1 is 0.738 bits per heavy atom. The summed E-state index contributed by atoms with van der Waals surface area (Å²) in [7, 11) is 0. The second-order valence-corrected chi connectivity index (χ2v) is 11.5. The van der Waals surface area contributed by atoms with Crippen LogP contribution in [0.4, 0.5) is 5.69 Å². The monoisotopic (exact) mass is 594 g/mol. The van der Waals surface area contributed by atoms with E-state index in [1.807, 2.05) is 95.9 Å². The van der Waals surface area contributed by atoms with Gasteiger partial charge < -0.3 is 9.64 Å². The second kappa shape index (κ2) is 10.5. The summed E-state index contributed by atoms with van der Waals surface area (Å²) in [6.45, 7) is 0. The maximum absolute atomic E-state index is 14.3. The number of fused-ring (bicyclic) bond motifs is 5. The molecule has 8 heteroatoms. The van der Waals surface area contributed by atoms with Gasteiger partial charge in [-0.3, -0.25) is 9.59 Å². The molecule has 2 saturated heterocycles. The molecule has 42 heavy (non-hydrogen) atoms. The third-order valence-electron chi connectivity index (χ3n) is 8.25. The summed E-state index contributed by atoms with van der Waals surface area (Å²) in [5.41, 5.74) is 3.68. The molecule has 3 heterocycles. The first-order chi connectivity index (χ1) is 20.4. The number of benzene rings is 4. The molecule has 0 radical (unpaired) electrons. The molecule has 0 unspecified atom stereocenters. The molecule has 4 aromatic carbocycles. The highest BCUT2D eigenvalue weighted by Gasteiger charge is 2.65. The average molecular weight is 595 g/mol. The number of rotatable bonds is 5. The molecule has 3 aliphatic heterocycles. The predicted molar refractivity (Wildman–Crippen MR) is 161 cm³/mol. The van der Waals surface area contributed by atoms with Crippen LogP contribution in [0.2, 0.25) is 10.0 Å². The summed E-state index contributed by atoms with van der Waals surface area (Å²) in [6.07, 6.45) is 3.01. The van der Waals surface area contributed by atoms with Crippen LogP contribution < -0.4 is 4.90 Å². The molecular formula is C34H24Cl2N2O4. The van der Waals surface area contributed by atoms with Crippen molar-refractivity contribution in [3.05, 3.63) is 142 Å². The Morgan fingerprint density at radius 3 is 1.95 bits per heavy atom. The summed E-state index contributed by atoms with van der Waals surface area (Å²) in [5, 5.41) is 0.597. The lowest BCUT2D eigenvalue weighted by Crippen LogP contribution is -2.45. The molecule has 0 bridgehead atoms. The molecule has 0 aliphatic carbocycles. The molecule has 208 valence electrons. The quantitative estimate of drug-likeness (QED) is 0.187. The van der Waals surface area contributed by atoms with Crippen molar-refractivity contribution >= 4 is 52.7 Å². The van der Waals surface area contributed by atoms with Gasteiger partial charge in [0.1, 0.15) is 6.04 Å². The number of ether oxygens (including phenoxy) is 1. The molecule has 4 aromatic rings. The van der Waals surface area contributed by atoms with Gasteiger partial charge in [0.15, 0.2) is 6.10 Å². The van der Waals surface area contributed by atoms with Gasteiger partial charge in [0.25, 0.3) is 0 Å². The molecule has 3 aliphatic rings. The van der Waals surface area contributed by atoms with Gasteiger partial charge in [-0.15, -0.1) is 0 Å². The number of carbonyl (C=O) groups is 3. The Kier molecular flexibility index (Phi) is 6.60. The number of esters is 1. The van der Waals surface area contributed by atoms with Gasteiger partial charge in [0.05, 0.1) is 23.6 Å². The Bertz CT molecular complexity index is 1680. The van der Waals surface area contributed by atoms with E-state index in [4.69, 9.17) is 27.9 Å². The van der Waals surface area contributed by atoms with Gasteiger partial charge in [0, 0.05) is 16.2 Å². The van der Waals surface area contributed by atoms with Gasteiger partial charge in [-0.25, -0.2) is 9.69 Å². The number of nitrogens with zero attached hydrogens (tertiary/aromatic N) is 2.